The van der Waals surface area contributed by atoms with Gasteiger partial charge >= 0.3 is 5.00 Å². The highest BCUT2D eigenvalue weighted by Crippen LogP contribution is 2.24. The first-order valence-corrected chi connectivity index (χ1v) is 5.59. The summed E-state index contributed by atoms with van der Waals surface area (Å²) < 4.78 is 3.69. The molecule has 0 aliphatic heterocycles. The van der Waals surface area contributed by atoms with Crippen LogP contribution >= 0.6 is 22.9 Å². The second-order valence-corrected chi connectivity index (χ2v) is 4.56. The van der Waals surface area contributed by atoms with Crippen LogP contribution in [-0.2, 0) is 6.54 Å². The van der Waals surface area contributed by atoms with Crippen molar-refractivity contribution in [2.24, 2.45) is 0 Å². The molecule has 2 rings (SSSR count). The number of aromatic nitrogens is 2. The number of anilines is 1. The molecule has 2 aromatic rings. The van der Waals surface area contributed by atoms with Crippen molar-refractivity contribution in [2.75, 3.05) is 5.32 Å². The molecule has 0 spiro atoms. The molecular formula is C7H6N4O2S2. The fraction of sp³-hybridized carbons (Fsp3) is 0.143. The molecule has 78 valence electrons. The van der Waals surface area contributed by atoms with Gasteiger partial charge in [-0.15, -0.1) is 5.10 Å². The third-order valence-electron chi connectivity index (χ3n) is 1.63. The number of nitrogens with zero attached hydrogens (tertiary/aromatic N) is 3. The summed E-state index contributed by atoms with van der Waals surface area (Å²) in [7, 11) is 0. The molecule has 0 saturated heterocycles. The molecule has 0 aromatic carbocycles. The minimum absolute atomic E-state index is 0.161. The van der Waals surface area contributed by atoms with Crippen LogP contribution in [0.4, 0.5) is 10.0 Å². The fourth-order valence-corrected chi connectivity index (χ4v) is 2.15. The Balaban J connectivity index is 1.96. The average molecular weight is 242 g/mol. The van der Waals surface area contributed by atoms with Crippen molar-refractivity contribution in [1.82, 2.24) is 9.59 Å². The smallest absolute Gasteiger partial charge is 0.324 e. The Kier molecular flexibility index (Phi) is 2.88. The molecule has 0 saturated carbocycles. The van der Waals surface area contributed by atoms with Crippen LogP contribution in [-0.4, -0.2) is 14.5 Å². The van der Waals surface area contributed by atoms with Gasteiger partial charge in [0.1, 0.15) is 5.00 Å². The molecular weight excluding hydrogens is 236 g/mol. The van der Waals surface area contributed by atoms with E-state index >= 15 is 0 Å². The van der Waals surface area contributed by atoms with Crippen LogP contribution in [0.3, 0.4) is 0 Å². The van der Waals surface area contributed by atoms with E-state index in [-0.39, 0.29) is 9.92 Å². The van der Waals surface area contributed by atoms with Crippen molar-refractivity contribution in [3.63, 3.8) is 0 Å². The largest absolute Gasteiger partial charge is 0.369 e. The van der Waals surface area contributed by atoms with Gasteiger partial charge in [-0.3, -0.25) is 10.1 Å². The summed E-state index contributed by atoms with van der Waals surface area (Å²) in [6, 6.07) is 3.25. The van der Waals surface area contributed by atoms with Crippen LogP contribution in [0.5, 0.6) is 0 Å². The third kappa shape index (κ3) is 2.48. The minimum Gasteiger partial charge on any atom is -0.369 e. The molecule has 0 aliphatic rings. The lowest BCUT2D eigenvalue weighted by Gasteiger charge is -1.97. The van der Waals surface area contributed by atoms with Gasteiger partial charge in [-0.05, 0) is 6.07 Å². The van der Waals surface area contributed by atoms with Crippen LogP contribution in [0.25, 0.3) is 0 Å². The number of hydrogen-bond donors (Lipinski definition) is 1. The Hall–Kier alpha value is -1.54. The number of thiophene rings is 1. The molecule has 0 bridgehead atoms. The Morgan fingerprint density at radius 1 is 1.53 bits per heavy atom. The molecule has 0 radical (unpaired) electrons. The molecule has 0 aliphatic carbocycles. The van der Waals surface area contributed by atoms with Gasteiger partial charge in [-0.1, -0.05) is 15.8 Å². The third-order valence-corrected chi connectivity index (χ3v) is 3.28. The number of rotatable bonds is 4. The predicted octanol–water partition coefficient (Wildman–Crippen LogP) is 2.12. The summed E-state index contributed by atoms with van der Waals surface area (Å²) in [6.45, 7) is 0.558. The summed E-state index contributed by atoms with van der Waals surface area (Å²) in [4.78, 5) is 11.0. The van der Waals surface area contributed by atoms with Gasteiger partial charge in [0, 0.05) is 22.5 Å². The molecule has 15 heavy (non-hydrogen) atoms. The van der Waals surface area contributed by atoms with E-state index in [9.17, 15) is 10.1 Å². The second kappa shape index (κ2) is 4.32. The Labute approximate surface area is 92.9 Å². The maximum atomic E-state index is 10.4. The zero-order valence-electron chi connectivity index (χ0n) is 7.41. The van der Waals surface area contributed by atoms with Gasteiger partial charge < -0.3 is 5.32 Å². The normalized spacial score (nSPS) is 10.1. The van der Waals surface area contributed by atoms with Gasteiger partial charge in [0.25, 0.3) is 0 Å². The van der Waals surface area contributed by atoms with E-state index < -0.39 is 0 Å². The molecule has 0 amide bonds. The van der Waals surface area contributed by atoms with E-state index in [0.29, 0.717) is 6.54 Å². The summed E-state index contributed by atoms with van der Waals surface area (Å²) >= 11 is 2.42. The Bertz CT molecular complexity index is 453. The lowest BCUT2D eigenvalue weighted by Crippen LogP contribution is -1.94. The highest BCUT2D eigenvalue weighted by Gasteiger charge is 2.09. The number of hydrogen-bond acceptors (Lipinski definition) is 7. The van der Waals surface area contributed by atoms with Crippen molar-refractivity contribution in [2.45, 2.75) is 6.54 Å². The van der Waals surface area contributed by atoms with Crippen LogP contribution in [0.2, 0.25) is 0 Å². The van der Waals surface area contributed by atoms with Crippen LogP contribution < -0.4 is 5.32 Å². The molecule has 0 fully saturated rings. The summed E-state index contributed by atoms with van der Waals surface area (Å²) in [6.07, 6.45) is 1.62. The summed E-state index contributed by atoms with van der Waals surface area (Å²) in [5.74, 6) is 0. The van der Waals surface area contributed by atoms with Crippen molar-refractivity contribution >= 4 is 32.9 Å². The molecule has 1 N–H and O–H groups in total. The predicted molar refractivity (Wildman–Crippen MR) is 58.2 cm³/mol. The maximum Gasteiger partial charge on any atom is 0.324 e. The fourth-order valence-electron chi connectivity index (χ4n) is 0.979. The quantitative estimate of drug-likeness (QED) is 0.656. The highest BCUT2D eigenvalue weighted by molar-refractivity contribution is 7.15. The van der Waals surface area contributed by atoms with Gasteiger partial charge in [0.05, 0.1) is 17.7 Å². The first-order valence-electron chi connectivity index (χ1n) is 4.00. The van der Waals surface area contributed by atoms with Crippen molar-refractivity contribution in [1.29, 1.82) is 0 Å². The van der Waals surface area contributed by atoms with E-state index in [2.05, 4.69) is 14.9 Å². The number of nitrogens with one attached hydrogen (secondary N) is 1. The van der Waals surface area contributed by atoms with E-state index in [4.69, 9.17) is 0 Å². The van der Waals surface area contributed by atoms with Gasteiger partial charge in [-0.2, -0.15) is 0 Å². The molecule has 2 heterocycles. The molecule has 8 heteroatoms. The van der Waals surface area contributed by atoms with Crippen LogP contribution in [0.1, 0.15) is 4.88 Å². The first-order chi connectivity index (χ1) is 7.25. The van der Waals surface area contributed by atoms with Gasteiger partial charge in [0.15, 0.2) is 0 Å². The van der Waals surface area contributed by atoms with Gasteiger partial charge in [-0.25, -0.2) is 0 Å². The van der Waals surface area contributed by atoms with E-state index in [0.717, 1.165) is 9.88 Å². The average Bonchev–Trinajstić information content (AvgIpc) is 2.86. The molecule has 6 nitrogen and oxygen atoms in total. The first kappa shape index (κ1) is 9.99. The standard InChI is InChI=1S/C7H6N4O2S2/c12-11(13)7-2-1-5(14-7)3-8-6-4-9-10-15-6/h1-2,4,8H,3H2. The van der Waals surface area contributed by atoms with E-state index in [1.54, 1.807) is 12.3 Å². The lowest BCUT2D eigenvalue weighted by atomic mass is 10.4. The maximum absolute atomic E-state index is 10.4. The molecule has 0 atom stereocenters. The van der Waals surface area contributed by atoms with E-state index in [1.165, 1.54) is 28.9 Å². The number of nitro groups is 1. The minimum atomic E-state index is -0.386. The molecule has 2 aromatic heterocycles. The lowest BCUT2D eigenvalue weighted by molar-refractivity contribution is -0.380. The van der Waals surface area contributed by atoms with Crippen molar-refractivity contribution in [3.05, 3.63) is 33.3 Å². The highest BCUT2D eigenvalue weighted by atomic mass is 32.1. The Morgan fingerprint density at radius 3 is 3.00 bits per heavy atom. The van der Waals surface area contributed by atoms with Gasteiger partial charge in [0.2, 0.25) is 0 Å². The zero-order valence-corrected chi connectivity index (χ0v) is 9.05. The van der Waals surface area contributed by atoms with Crippen LogP contribution in [0.15, 0.2) is 18.3 Å². The SMILES string of the molecule is O=[N+]([O-])c1ccc(CNc2cnns2)s1. The Morgan fingerprint density at radius 2 is 2.40 bits per heavy atom. The second-order valence-electron chi connectivity index (χ2n) is 2.63. The van der Waals surface area contributed by atoms with Crippen molar-refractivity contribution in [3.8, 4) is 0 Å². The monoisotopic (exact) mass is 242 g/mol. The van der Waals surface area contributed by atoms with E-state index in [1.807, 2.05) is 0 Å². The van der Waals surface area contributed by atoms with Crippen LogP contribution in [0, 0.1) is 10.1 Å². The summed E-state index contributed by atoms with van der Waals surface area (Å²) in [5, 5.41) is 18.2. The summed E-state index contributed by atoms with van der Waals surface area (Å²) in [5.41, 5.74) is 0. The zero-order chi connectivity index (χ0) is 10.7. The topological polar surface area (TPSA) is 81.0 Å². The molecule has 0 unspecified atom stereocenters. The van der Waals surface area contributed by atoms with Crippen molar-refractivity contribution < 1.29 is 4.92 Å².